The van der Waals surface area contributed by atoms with Crippen LogP contribution in [0, 0.1) is 6.92 Å². The molecule has 0 unspecified atom stereocenters. The van der Waals surface area contributed by atoms with Crippen LogP contribution in [0.3, 0.4) is 0 Å². The Morgan fingerprint density at radius 3 is 2.37 bits per heavy atom. The van der Waals surface area contributed by atoms with Crippen LogP contribution in [-0.2, 0) is 16.9 Å². The van der Waals surface area contributed by atoms with Gasteiger partial charge in [0.05, 0.1) is 23.0 Å². The zero-order chi connectivity index (χ0) is 27.0. The van der Waals surface area contributed by atoms with Crippen molar-refractivity contribution < 1.29 is 19.1 Å². The molecule has 0 fully saturated rings. The van der Waals surface area contributed by atoms with Crippen molar-refractivity contribution in [2.75, 3.05) is 0 Å². The van der Waals surface area contributed by atoms with Crippen molar-refractivity contribution in [1.82, 2.24) is 14.1 Å². The highest BCUT2D eigenvalue weighted by molar-refractivity contribution is 7.22. The van der Waals surface area contributed by atoms with E-state index in [0.29, 0.717) is 26.9 Å². The molecule has 10 heteroatoms. The standard InChI is InChI=1S/C28H25N3O6S/c1-17-21-24(32)31(28(2,3)26(33)34)27(35)30(25(21)38-22(17)23-29-14-15-36-23)16-20(18-10-6-4-7-11-18)37-19-12-8-5-9-13-19/h4-15,20H,16H2,1-3H3,(H,33,34)/t20-/m0/s1. The largest absolute Gasteiger partial charge is 0.484 e. The molecule has 0 spiro atoms. The lowest BCUT2D eigenvalue weighted by atomic mass is 10.1. The number of aromatic nitrogens is 3. The third kappa shape index (κ3) is 4.32. The van der Waals surface area contributed by atoms with Gasteiger partial charge in [-0.3, -0.25) is 9.36 Å². The highest BCUT2D eigenvalue weighted by Crippen LogP contribution is 2.36. The third-order valence-electron chi connectivity index (χ3n) is 6.46. The first kappa shape index (κ1) is 25.2. The molecule has 9 nitrogen and oxygen atoms in total. The number of hydrogen-bond donors (Lipinski definition) is 1. The van der Waals surface area contributed by atoms with E-state index in [1.807, 2.05) is 60.7 Å². The fourth-order valence-corrected chi connectivity index (χ4v) is 5.59. The second-order valence-corrected chi connectivity index (χ2v) is 10.3. The number of fused-ring (bicyclic) bond motifs is 1. The normalized spacial score (nSPS) is 12.5. The number of carboxylic acid groups (broad SMARTS) is 1. The quantitative estimate of drug-likeness (QED) is 0.305. The highest BCUT2D eigenvalue weighted by Gasteiger charge is 2.36. The Kier molecular flexibility index (Phi) is 6.50. The van der Waals surface area contributed by atoms with Crippen molar-refractivity contribution in [2.45, 2.75) is 39.0 Å². The molecule has 0 saturated heterocycles. The Morgan fingerprint density at radius 2 is 1.76 bits per heavy atom. The Bertz CT molecular complexity index is 1720. The lowest BCUT2D eigenvalue weighted by molar-refractivity contribution is -0.146. The fourth-order valence-electron chi connectivity index (χ4n) is 4.34. The number of thiophene rings is 1. The molecule has 3 heterocycles. The molecular weight excluding hydrogens is 506 g/mol. The molecule has 1 atom stereocenters. The van der Waals surface area contributed by atoms with Crippen LogP contribution in [0.4, 0.5) is 0 Å². The molecule has 3 aromatic heterocycles. The monoisotopic (exact) mass is 531 g/mol. The van der Waals surface area contributed by atoms with E-state index in [2.05, 4.69) is 4.98 Å². The van der Waals surface area contributed by atoms with E-state index in [0.717, 1.165) is 10.1 Å². The van der Waals surface area contributed by atoms with E-state index in [-0.39, 0.29) is 11.9 Å². The van der Waals surface area contributed by atoms with Crippen molar-refractivity contribution in [1.29, 1.82) is 0 Å². The SMILES string of the molecule is Cc1c(-c2ncco2)sc2c1c(=O)n(C(C)(C)C(=O)O)c(=O)n2C[C@H](Oc1ccccc1)c1ccccc1. The summed E-state index contributed by atoms with van der Waals surface area (Å²) >= 11 is 1.20. The van der Waals surface area contributed by atoms with Crippen molar-refractivity contribution in [3.05, 3.63) is 105 Å². The van der Waals surface area contributed by atoms with Crippen LogP contribution < -0.4 is 16.0 Å². The lowest BCUT2D eigenvalue weighted by Gasteiger charge is -2.25. The minimum absolute atomic E-state index is 0.0230. The number of hydrogen-bond acceptors (Lipinski definition) is 7. The van der Waals surface area contributed by atoms with Crippen LogP contribution in [0.25, 0.3) is 21.0 Å². The highest BCUT2D eigenvalue weighted by atomic mass is 32.1. The van der Waals surface area contributed by atoms with Crippen LogP contribution in [0.5, 0.6) is 5.75 Å². The first-order valence-corrected chi connectivity index (χ1v) is 12.7. The Labute approximate surface area is 221 Å². The summed E-state index contributed by atoms with van der Waals surface area (Å²) in [6.45, 7) is 4.43. The zero-order valence-electron chi connectivity index (χ0n) is 21.0. The van der Waals surface area contributed by atoms with Gasteiger partial charge in [0.1, 0.15) is 28.5 Å². The maximum Gasteiger partial charge on any atom is 0.333 e. The Morgan fingerprint density at radius 1 is 1.11 bits per heavy atom. The van der Waals surface area contributed by atoms with E-state index in [1.165, 1.54) is 42.2 Å². The smallest absolute Gasteiger partial charge is 0.333 e. The Hall–Kier alpha value is -4.44. The zero-order valence-corrected chi connectivity index (χ0v) is 21.8. The summed E-state index contributed by atoms with van der Waals surface area (Å²) in [6.07, 6.45) is 2.31. The van der Waals surface area contributed by atoms with Crippen molar-refractivity contribution in [3.63, 3.8) is 0 Å². The van der Waals surface area contributed by atoms with Crippen LogP contribution >= 0.6 is 11.3 Å². The number of aliphatic carboxylic acids is 1. The summed E-state index contributed by atoms with van der Waals surface area (Å²) in [5, 5.41) is 10.2. The average molecular weight is 532 g/mol. The predicted molar refractivity (Wildman–Crippen MR) is 144 cm³/mol. The van der Waals surface area contributed by atoms with Gasteiger partial charge in [-0.2, -0.15) is 0 Å². The summed E-state index contributed by atoms with van der Waals surface area (Å²) in [5.41, 5.74) is -1.85. The summed E-state index contributed by atoms with van der Waals surface area (Å²) < 4.78 is 14.1. The number of aryl methyl sites for hydroxylation is 1. The summed E-state index contributed by atoms with van der Waals surface area (Å²) in [5.74, 6) is -0.387. The van der Waals surface area contributed by atoms with Gasteiger partial charge in [0.2, 0.25) is 5.89 Å². The number of nitrogens with zero attached hydrogens (tertiary/aromatic N) is 3. The van der Waals surface area contributed by atoms with Gasteiger partial charge >= 0.3 is 11.7 Å². The molecule has 5 aromatic rings. The molecule has 1 N–H and O–H groups in total. The van der Waals surface area contributed by atoms with Gasteiger partial charge in [-0.15, -0.1) is 11.3 Å². The van der Waals surface area contributed by atoms with Gasteiger partial charge in [-0.1, -0.05) is 48.5 Å². The minimum atomic E-state index is -1.80. The molecule has 0 aliphatic heterocycles. The lowest BCUT2D eigenvalue weighted by Crippen LogP contribution is -2.52. The van der Waals surface area contributed by atoms with Gasteiger partial charge in [0.25, 0.3) is 5.56 Å². The number of oxazole rings is 1. The second-order valence-electron chi connectivity index (χ2n) is 9.30. The van der Waals surface area contributed by atoms with Crippen LogP contribution in [0.2, 0.25) is 0 Å². The van der Waals surface area contributed by atoms with E-state index in [9.17, 15) is 19.5 Å². The number of para-hydroxylation sites is 1. The molecular formula is C28H25N3O6S. The van der Waals surface area contributed by atoms with Crippen LogP contribution in [0.1, 0.15) is 31.1 Å². The summed E-state index contributed by atoms with van der Waals surface area (Å²) in [6, 6.07) is 18.6. The Balaban J connectivity index is 1.78. The van der Waals surface area contributed by atoms with E-state index >= 15 is 0 Å². The second kappa shape index (κ2) is 9.79. The molecule has 0 aliphatic rings. The van der Waals surface area contributed by atoms with Crippen molar-refractivity contribution >= 4 is 27.5 Å². The third-order valence-corrected chi connectivity index (χ3v) is 7.77. The molecule has 194 valence electrons. The fraction of sp³-hybridized carbons (Fsp3) is 0.214. The molecule has 38 heavy (non-hydrogen) atoms. The molecule has 2 aromatic carbocycles. The average Bonchev–Trinajstić information content (AvgIpc) is 3.55. The molecule has 0 bridgehead atoms. The summed E-state index contributed by atoms with van der Waals surface area (Å²) in [7, 11) is 0. The van der Waals surface area contributed by atoms with Gasteiger partial charge in [0.15, 0.2) is 0 Å². The van der Waals surface area contributed by atoms with Gasteiger partial charge in [-0.25, -0.2) is 19.1 Å². The maximum absolute atomic E-state index is 14.0. The molecule has 0 saturated carbocycles. The predicted octanol–water partition coefficient (Wildman–Crippen LogP) is 4.83. The van der Waals surface area contributed by atoms with E-state index < -0.39 is 28.9 Å². The van der Waals surface area contributed by atoms with Crippen LogP contribution in [-0.4, -0.2) is 25.2 Å². The van der Waals surface area contributed by atoms with Crippen LogP contribution in [0.15, 0.2) is 87.1 Å². The van der Waals surface area contributed by atoms with Crippen molar-refractivity contribution in [2.24, 2.45) is 0 Å². The minimum Gasteiger partial charge on any atom is -0.484 e. The molecule has 0 aliphatic carbocycles. The molecule has 0 radical (unpaired) electrons. The molecule has 5 rings (SSSR count). The summed E-state index contributed by atoms with van der Waals surface area (Å²) in [4.78, 5) is 45.0. The van der Waals surface area contributed by atoms with E-state index in [4.69, 9.17) is 9.15 Å². The first-order chi connectivity index (χ1) is 18.2. The first-order valence-electron chi connectivity index (χ1n) is 11.9. The maximum atomic E-state index is 14.0. The topological polar surface area (TPSA) is 117 Å². The number of carboxylic acids is 1. The number of rotatable bonds is 8. The van der Waals surface area contributed by atoms with E-state index in [1.54, 1.807) is 6.92 Å². The number of ether oxygens (including phenoxy) is 1. The van der Waals surface area contributed by atoms with Crippen molar-refractivity contribution in [3.8, 4) is 16.5 Å². The number of benzene rings is 2. The van der Waals surface area contributed by atoms with Gasteiger partial charge in [0, 0.05) is 0 Å². The van der Waals surface area contributed by atoms with Gasteiger partial charge in [-0.05, 0) is 44.0 Å². The van der Waals surface area contributed by atoms with Gasteiger partial charge < -0.3 is 14.3 Å². The molecule has 0 amide bonds. The number of carbonyl (C=O) groups is 1.